The first-order chi connectivity index (χ1) is 13.0. The van der Waals surface area contributed by atoms with Crippen molar-refractivity contribution < 1.29 is 4.79 Å². The second kappa shape index (κ2) is 7.96. The summed E-state index contributed by atoms with van der Waals surface area (Å²) in [7, 11) is 0. The van der Waals surface area contributed by atoms with Gasteiger partial charge in [0.25, 0.3) is 5.91 Å². The molecule has 0 aliphatic rings. The van der Waals surface area contributed by atoms with Gasteiger partial charge in [0.1, 0.15) is 0 Å². The van der Waals surface area contributed by atoms with Crippen molar-refractivity contribution in [3.63, 3.8) is 0 Å². The number of fused-ring (bicyclic) bond motifs is 1. The summed E-state index contributed by atoms with van der Waals surface area (Å²) < 4.78 is 0. The Morgan fingerprint density at radius 1 is 0.815 bits per heavy atom. The summed E-state index contributed by atoms with van der Waals surface area (Å²) in [4.78, 5) is 14.4. The molecule has 0 unspecified atom stereocenters. The average molecular weight is 360 g/mol. The molecule has 27 heavy (non-hydrogen) atoms. The van der Waals surface area contributed by atoms with Crippen molar-refractivity contribution in [3.05, 3.63) is 83.4 Å². The van der Waals surface area contributed by atoms with E-state index < -0.39 is 0 Å². The van der Waals surface area contributed by atoms with Crippen LogP contribution in [-0.2, 0) is 5.41 Å². The lowest BCUT2D eigenvalue weighted by atomic mass is 9.73. The van der Waals surface area contributed by atoms with Gasteiger partial charge in [0.05, 0.1) is 0 Å². The van der Waals surface area contributed by atoms with Gasteiger partial charge >= 0.3 is 0 Å². The molecule has 0 spiro atoms. The second-order valence-electron chi connectivity index (χ2n) is 7.30. The van der Waals surface area contributed by atoms with Gasteiger partial charge < -0.3 is 4.90 Å². The summed E-state index contributed by atoms with van der Waals surface area (Å²) in [5.74, 6) is 0.107. The highest BCUT2D eigenvalue weighted by Gasteiger charge is 2.27. The lowest BCUT2D eigenvalue weighted by molar-refractivity contribution is 0.0773. The number of benzene rings is 3. The molecule has 140 valence electrons. The van der Waals surface area contributed by atoms with E-state index in [1.807, 2.05) is 30.9 Å². The third kappa shape index (κ3) is 3.62. The van der Waals surface area contributed by atoms with Crippen molar-refractivity contribution >= 4 is 16.7 Å². The molecule has 0 aromatic heterocycles. The Morgan fingerprint density at radius 3 is 2.00 bits per heavy atom. The number of hydrogen-bond donors (Lipinski definition) is 0. The van der Waals surface area contributed by atoms with Crippen LogP contribution in [0.3, 0.4) is 0 Å². The summed E-state index contributed by atoms with van der Waals surface area (Å²) in [6.07, 6.45) is 0.995. The second-order valence-corrected chi connectivity index (χ2v) is 7.30. The highest BCUT2D eigenvalue weighted by atomic mass is 16.2. The molecule has 3 aromatic carbocycles. The maximum Gasteiger partial charge on any atom is 0.253 e. The molecule has 0 heterocycles. The molecule has 0 fully saturated rings. The van der Waals surface area contributed by atoms with E-state index in [-0.39, 0.29) is 11.3 Å². The number of carbonyl (C=O) groups is 1. The van der Waals surface area contributed by atoms with Crippen LogP contribution in [0, 0.1) is 0 Å². The smallest absolute Gasteiger partial charge is 0.253 e. The fourth-order valence-electron chi connectivity index (χ4n) is 3.78. The molecule has 0 bridgehead atoms. The number of nitrogens with zero attached hydrogens (tertiary/aromatic N) is 1. The van der Waals surface area contributed by atoms with Crippen LogP contribution >= 0.6 is 0 Å². The van der Waals surface area contributed by atoms with Crippen LogP contribution in [0.5, 0.6) is 0 Å². The third-order valence-corrected chi connectivity index (χ3v) is 5.91. The molecule has 1 atom stereocenters. The number of rotatable bonds is 6. The van der Waals surface area contributed by atoms with Gasteiger partial charge in [-0.25, -0.2) is 0 Å². The Kier molecular flexibility index (Phi) is 5.65. The molecular formula is C25H29NO. The maximum atomic E-state index is 12.6. The normalized spacial score (nSPS) is 13.3. The van der Waals surface area contributed by atoms with Crippen molar-refractivity contribution in [2.75, 3.05) is 13.1 Å². The largest absolute Gasteiger partial charge is 0.339 e. The van der Waals surface area contributed by atoms with Gasteiger partial charge in [0, 0.05) is 24.1 Å². The molecule has 0 radical (unpaired) electrons. The summed E-state index contributed by atoms with van der Waals surface area (Å²) in [6, 6.07) is 23.4. The van der Waals surface area contributed by atoms with E-state index in [1.165, 1.54) is 21.9 Å². The molecule has 0 aliphatic heterocycles. The van der Waals surface area contributed by atoms with E-state index in [1.54, 1.807) is 0 Å². The molecule has 3 rings (SSSR count). The van der Waals surface area contributed by atoms with Crippen molar-refractivity contribution in [3.8, 4) is 0 Å². The molecule has 2 heteroatoms. The van der Waals surface area contributed by atoms with E-state index in [0.29, 0.717) is 0 Å². The van der Waals surface area contributed by atoms with Crippen molar-refractivity contribution in [1.29, 1.82) is 0 Å². The van der Waals surface area contributed by atoms with Gasteiger partial charge in [0.15, 0.2) is 0 Å². The van der Waals surface area contributed by atoms with Gasteiger partial charge in [-0.1, -0.05) is 68.4 Å². The minimum Gasteiger partial charge on any atom is -0.339 e. The lowest BCUT2D eigenvalue weighted by Crippen LogP contribution is -2.30. The van der Waals surface area contributed by atoms with Crippen LogP contribution in [0.4, 0.5) is 0 Å². The molecule has 1 amide bonds. The SMILES string of the molecule is CCN(CC)C(=O)c1ccc([C@@](C)(CC)c2ccc3ccccc3c2)cc1. The number of hydrogen-bond acceptors (Lipinski definition) is 1. The predicted molar refractivity (Wildman–Crippen MR) is 114 cm³/mol. The van der Waals surface area contributed by atoms with Crippen molar-refractivity contribution in [2.24, 2.45) is 0 Å². The maximum absolute atomic E-state index is 12.6. The van der Waals surface area contributed by atoms with Gasteiger partial charge in [-0.05, 0) is 54.3 Å². The van der Waals surface area contributed by atoms with E-state index in [9.17, 15) is 4.79 Å². The Hall–Kier alpha value is -2.61. The zero-order valence-electron chi connectivity index (χ0n) is 16.8. The van der Waals surface area contributed by atoms with Gasteiger partial charge in [-0.15, -0.1) is 0 Å². The van der Waals surface area contributed by atoms with Crippen molar-refractivity contribution in [1.82, 2.24) is 4.90 Å². The van der Waals surface area contributed by atoms with Gasteiger partial charge in [-0.3, -0.25) is 4.79 Å². The predicted octanol–water partition coefficient (Wildman–Crippen LogP) is 6.04. The number of amides is 1. The molecule has 0 saturated carbocycles. The fraction of sp³-hybridized carbons (Fsp3) is 0.320. The monoisotopic (exact) mass is 359 g/mol. The highest BCUT2D eigenvalue weighted by Crippen LogP contribution is 2.36. The molecule has 0 saturated heterocycles. The first kappa shape index (κ1) is 19.2. The molecule has 2 nitrogen and oxygen atoms in total. The van der Waals surface area contributed by atoms with Crippen LogP contribution in [0.25, 0.3) is 10.8 Å². The minimum absolute atomic E-state index is 0.0825. The van der Waals surface area contributed by atoms with Gasteiger partial charge in [-0.2, -0.15) is 0 Å². The Balaban J connectivity index is 1.97. The summed E-state index contributed by atoms with van der Waals surface area (Å²) in [5, 5.41) is 2.53. The van der Waals surface area contributed by atoms with E-state index in [2.05, 4.69) is 68.4 Å². The fourth-order valence-corrected chi connectivity index (χ4v) is 3.78. The van der Waals surface area contributed by atoms with Crippen LogP contribution in [-0.4, -0.2) is 23.9 Å². The standard InChI is InChI=1S/C25H29NO/c1-5-25(4,23-17-12-19-10-8-9-11-21(19)18-23)22-15-13-20(14-16-22)24(27)26(6-2)7-3/h8-18H,5-7H2,1-4H3/t25-/m1/s1. The summed E-state index contributed by atoms with van der Waals surface area (Å²) in [5.41, 5.74) is 3.24. The average Bonchev–Trinajstić information content (AvgIpc) is 2.73. The quantitative estimate of drug-likeness (QED) is 0.525. The third-order valence-electron chi connectivity index (χ3n) is 5.91. The summed E-state index contributed by atoms with van der Waals surface area (Å²) >= 11 is 0. The Labute approximate surface area is 162 Å². The summed E-state index contributed by atoms with van der Waals surface area (Å²) in [6.45, 7) is 10.0. The first-order valence-electron chi connectivity index (χ1n) is 9.92. The molecule has 0 aliphatic carbocycles. The number of carbonyl (C=O) groups excluding carboxylic acids is 1. The first-order valence-corrected chi connectivity index (χ1v) is 9.92. The Bertz CT molecular complexity index is 924. The van der Waals surface area contributed by atoms with E-state index >= 15 is 0 Å². The topological polar surface area (TPSA) is 20.3 Å². The molecule has 3 aromatic rings. The van der Waals surface area contributed by atoms with Crippen LogP contribution in [0.2, 0.25) is 0 Å². The van der Waals surface area contributed by atoms with Crippen LogP contribution in [0.15, 0.2) is 66.7 Å². The molecular weight excluding hydrogens is 330 g/mol. The van der Waals surface area contributed by atoms with Gasteiger partial charge in [0.2, 0.25) is 0 Å². The van der Waals surface area contributed by atoms with Crippen LogP contribution in [0.1, 0.15) is 55.6 Å². The minimum atomic E-state index is -0.0825. The molecule has 0 N–H and O–H groups in total. The van der Waals surface area contributed by atoms with Crippen LogP contribution < -0.4 is 0 Å². The lowest BCUT2D eigenvalue weighted by Gasteiger charge is -2.30. The Morgan fingerprint density at radius 2 is 1.41 bits per heavy atom. The van der Waals surface area contributed by atoms with E-state index in [4.69, 9.17) is 0 Å². The zero-order valence-corrected chi connectivity index (χ0v) is 16.8. The zero-order chi connectivity index (χ0) is 19.4. The van der Waals surface area contributed by atoms with E-state index in [0.717, 1.165) is 25.1 Å². The van der Waals surface area contributed by atoms with Crippen molar-refractivity contribution in [2.45, 2.75) is 39.5 Å². The highest BCUT2D eigenvalue weighted by molar-refractivity contribution is 5.94.